The molecule has 9 nitrogen and oxygen atoms in total. The molecule has 188 valence electrons. The van der Waals surface area contributed by atoms with Gasteiger partial charge < -0.3 is 23.7 Å². The van der Waals surface area contributed by atoms with Gasteiger partial charge in [-0.25, -0.2) is 4.68 Å². The summed E-state index contributed by atoms with van der Waals surface area (Å²) >= 11 is 0. The Kier molecular flexibility index (Phi) is 21.8. The Bertz CT molecular complexity index is 542. The van der Waals surface area contributed by atoms with E-state index in [0.29, 0.717) is 66.0 Å². The van der Waals surface area contributed by atoms with Crippen molar-refractivity contribution in [2.45, 2.75) is 60.4 Å². The van der Waals surface area contributed by atoms with Crippen LogP contribution in [0, 0.1) is 5.92 Å². The smallest absolute Gasteiger partial charge is 0.161 e. The Morgan fingerprint density at radius 2 is 1.38 bits per heavy atom. The van der Waals surface area contributed by atoms with E-state index in [1.165, 1.54) is 0 Å². The zero-order valence-corrected chi connectivity index (χ0v) is 20.8. The fraction of sp³-hybridized carbons (Fsp3) is 0.870. The van der Waals surface area contributed by atoms with Crippen molar-refractivity contribution in [1.82, 2.24) is 15.0 Å². The second-order valence-electron chi connectivity index (χ2n) is 7.00. The highest BCUT2D eigenvalue weighted by molar-refractivity contribution is 5.81. The summed E-state index contributed by atoms with van der Waals surface area (Å²) in [5.74, 6) is 0.203. The predicted octanol–water partition coefficient (Wildman–Crippen LogP) is 2.96. The van der Waals surface area contributed by atoms with Gasteiger partial charge in [-0.15, -0.1) is 5.10 Å². The molecule has 0 saturated heterocycles. The lowest BCUT2D eigenvalue weighted by atomic mass is 10.1. The molecule has 0 N–H and O–H groups in total. The highest BCUT2D eigenvalue weighted by Gasteiger charge is 2.09. The molecule has 1 aromatic rings. The van der Waals surface area contributed by atoms with E-state index >= 15 is 0 Å². The van der Waals surface area contributed by atoms with Crippen LogP contribution < -0.4 is 0 Å². The Hall–Kier alpha value is -1.39. The largest absolute Gasteiger partial charge is 0.377 e. The minimum atomic E-state index is 0.0617. The molecule has 1 atom stereocenters. The first-order chi connectivity index (χ1) is 15.7. The molecule has 0 fully saturated rings. The quantitative estimate of drug-likeness (QED) is 0.259. The molecule has 0 saturated carbocycles. The molecular weight excluding hydrogens is 414 g/mol. The van der Waals surface area contributed by atoms with E-state index < -0.39 is 0 Å². The molecule has 0 bridgehead atoms. The molecular formula is C23H45N3O6. The van der Waals surface area contributed by atoms with Crippen molar-refractivity contribution < 1.29 is 28.5 Å². The topological polar surface area (TPSA) is 93.9 Å². The second-order valence-corrected chi connectivity index (χ2v) is 7.00. The first kappa shape index (κ1) is 30.6. The van der Waals surface area contributed by atoms with Crippen LogP contribution in [0.15, 0.2) is 6.20 Å². The van der Waals surface area contributed by atoms with Crippen molar-refractivity contribution in [3.63, 3.8) is 0 Å². The van der Waals surface area contributed by atoms with Crippen molar-refractivity contribution in [3.05, 3.63) is 11.9 Å². The molecule has 1 rings (SSSR count). The maximum Gasteiger partial charge on any atom is 0.161 e. The van der Waals surface area contributed by atoms with Gasteiger partial charge in [0.1, 0.15) is 6.61 Å². The van der Waals surface area contributed by atoms with Gasteiger partial charge in [-0.2, -0.15) is 0 Å². The van der Waals surface area contributed by atoms with Crippen LogP contribution in [0.25, 0.3) is 0 Å². The van der Waals surface area contributed by atoms with Gasteiger partial charge in [-0.1, -0.05) is 46.3 Å². The summed E-state index contributed by atoms with van der Waals surface area (Å²) < 4.78 is 28.9. The van der Waals surface area contributed by atoms with Gasteiger partial charge in [-0.3, -0.25) is 4.79 Å². The Morgan fingerprint density at radius 3 is 1.88 bits per heavy atom. The Morgan fingerprint density at radius 1 is 0.875 bits per heavy atom. The van der Waals surface area contributed by atoms with E-state index in [9.17, 15) is 4.79 Å². The minimum Gasteiger partial charge on any atom is -0.377 e. The lowest BCUT2D eigenvalue weighted by Crippen LogP contribution is -2.19. The minimum absolute atomic E-state index is 0.0617. The van der Waals surface area contributed by atoms with Crippen LogP contribution in [-0.4, -0.2) is 86.8 Å². The highest BCUT2D eigenvalue weighted by atomic mass is 16.6. The molecule has 1 aromatic heterocycles. The van der Waals surface area contributed by atoms with Crippen LogP contribution in [0.5, 0.6) is 0 Å². The van der Waals surface area contributed by atoms with Gasteiger partial charge in [0, 0.05) is 12.1 Å². The molecule has 32 heavy (non-hydrogen) atoms. The summed E-state index contributed by atoms with van der Waals surface area (Å²) in [5.41, 5.74) is 1.02. The highest BCUT2D eigenvalue weighted by Crippen LogP contribution is 2.02. The molecule has 0 aliphatic heterocycles. The lowest BCUT2D eigenvalue weighted by Gasteiger charge is -2.09. The van der Waals surface area contributed by atoms with Crippen molar-refractivity contribution in [3.8, 4) is 0 Å². The molecule has 0 aliphatic carbocycles. The van der Waals surface area contributed by atoms with Crippen LogP contribution >= 0.6 is 0 Å². The predicted molar refractivity (Wildman–Crippen MR) is 124 cm³/mol. The lowest BCUT2D eigenvalue weighted by molar-refractivity contribution is -0.127. The molecule has 0 amide bonds. The van der Waals surface area contributed by atoms with Crippen LogP contribution in [0.3, 0.4) is 0 Å². The molecule has 0 aromatic carbocycles. The Labute approximate surface area is 194 Å². The molecule has 9 heteroatoms. The standard InChI is InChI=1S/C21H39N3O6.C2H6/c1-4-6-20-17-24(23-22-20)7-8-26-9-10-27-11-12-28-13-14-29-15-16-30-18-21(25)19(3)5-2;1-2/h17,19H,4-16,18H2,1-3H3;1-2H3. The van der Waals surface area contributed by atoms with Gasteiger partial charge in [0.05, 0.1) is 71.7 Å². The molecule has 1 unspecified atom stereocenters. The van der Waals surface area contributed by atoms with Crippen LogP contribution in [0.1, 0.15) is 53.2 Å². The fourth-order valence-electron chi connectivity index (χ4n) is 2.40. The summed E-state index contributed by atoms with van der Waals surface area (Å²) in [5, 5.41) is 8.16. The van der Waals surface area contributed by atoms with Gasteiger partial charge in [-0.05, 0) is 12.8 Å². The van der Waals surface area contributed by atoms with E-state index in [1.54, 1.807) is 4.68 Å². The maximum absolute atomic E-state index is 11.6. The van der Waals surface area contributed by atoms with Crippen molar-refractivity contribution >= 4 is 5.78 Å². The van der Waals surface area contributed by atoms with Crippen molar-refractivity contribution in [2.24, 2.45) is 5.92 Å². The number of ether oxygens (including phenoxy) is 5. The number of aromatic nitrogens is 3. The van der Waals surface area contributed by atoms with Crippen molar-refractivity contribution in [2.75, 3.05) is 66.1 Å². The third-order valence-electron chi connectivity index (χ3n) is 4.45. The van der Waals surface area contributed by atoms with E-state index in [-0.39, 0.29) is 18.3 Å². The van der Waals surface area contributed by atoms with E-state index in [0.717, 1.165) is 25.0 Å². The molecule has 1 heterocycles. The van der Waals surface area contributed by atoms with Crippen LogP contribution in [0.2, 0.25) is 0 Å². The Balaban J connectivity index is 0.00000466. The van der Waals surface area contributed by atoms with Gasteiger partial charge >= 0.3 is 0 Å². The summed E-state index contributed by atoms with van der Waals surface area (Å²) in [7, 11) is 0. The monoisotopic (exact) mass is 459 g/mol. The SMILES string of the molecule is CC.CCCc1cn(CCOCCOCCOCCOCCOCC(=O)C(C)CC)nn1. The number of nitrogens with zero attached hydrogens (tertiary/aromatic N) is 3. The number of aryl methyl sites for hydroxylation is 1. The second kappa shape index (κ2) is 22.8. The number of carbonyl (C=O) groups is 1. The van der Waals surface area contributed by atoms with Gasteiger partial charge in [0.2, 0.25) is 0 Å². The summed E-state index contributed by atoms with van der Waals surface area (Å²) in [6, 6.07) is 0. The number of Topliss-reactive ketones (excluding diaryl/α,β-unsaturated/α-hetero) is 1. The maximum atomic E-state index is 11.6. The summed E-state index contributed by atoms with van der Waals surface area (Å²) in [6.07, 6.45) is 4.83. The first-order valence-electron chi connectivity index (χ1n) is 12.0. The van der Waals surface area contributed by atoms with Gasteiger partial charge in [0.25, 0.3) is 0 Å². The molecule has 0 spiro atoms. The van der Waals surface area contributed by atoms with Crippen molar-refractivity contribution in [1.29, 1.82) is 0 Å². The first-order valence-corrected chi connectivity index (χ1v) is 12.0. The van der Waals surface area contributed by atoms with E-state index in [2.05, 4.69) is 17.2 Å². The van der Waals surface area contributed by atoms with Crippen LogP contribution in [0.4, 0.5) is 0 Å². The number of ketones is 1. The average molecular weight is 460 g/mol. The number of rotatable bonds is 21. The fourth-order valence-corrected chi connectivity index (χ4v) is 2.40. The summed E-state index contributed by atoms with van der Waals surface area (Å²) in [6.45, 7) is 15.5. The molecule has 0 aliphatic rings. The average Bonchev–Trinajstić information content (AvgIpc) is 3.26. The third kappa shape index (κ3) is 17.2. The normalized spacial score (nSPS) is 11.8. The third-order valence-corrected chi connectivity index (χ3v) is 4.45. The van der Waals surface area contributed by atoms with Crippen LogP contribution in [-0.2, 0) is 41.4 Å². The number of carbonyl (C=O) groups excluding carboxylic acids is 1. The molecule has 0 radical (unpaired) electrons. The van der Waals surface area contributed by atoms with Gasteiger partial charge in [0.15, 0.2) is 5.78 Å². The van der Waals surface area contributed by atoms with E-state index in [1.807, 2.05) is 33.9 Å². The zero-order chi connectivity index (χ0) is 23.9. The summed E-state index contributed by atoms with van der Waals surface area (Å²) in [4.78, 5) is 11.6. The number of hydrogen-bond donors (Lipinski definition) is 0. The van der Waals surface area contributed by atoms with E-state index in [4.69, 9.17) is 23.7 Å². The zero-order valence-electron chi connectivity index (χ0n) is 20.8. The number of hydrogen-bond acceptors (Lipinski definition) is 8.